The number of carbonyl (C=O) groups is 2. The monoisotopic (exact) mass is 425 g/mol. The van der Waals surface area contributed by atoms with E-state index in [0.29, 0.717) is 11.8 Å². The molecule has 0 spiro atoms. The average Bonchev–Trinajstić information content (AvgIpc) is 2.85. The second kappa shape index (κ2) is 7.42. The van der Waals surface area contributed by atoms with Crippen LogP contribution < -0.4 is 15.4 Å². The Labute approximate surface area is 185 Å². The highest BCUT2D eigenvalue weighted by Gasteiger charge is 2.55. The maximum absolute atomic E-state index is 13.1. The van der Waals surface area contributed by atoms with Crippen molar-refractivity contribution in [1.82, 2.24) is 15.5 Å². The molecule has 4 atom stereocenters. The highest BCUT2D eigenvalue weighted by molar-refractivity contribution is 5.76. The Bertz CT molecular complexity index is 894. The molecule has 6 rings (SSSR count). The SMILES string of the molecule is COc1ccc2c(c1)C1CC3(C)CC2CC(NC(=O)NC2CCN(C(C)=O)CC2)(C1)C3. The van der Waals surface area contributed by atoms with Gasteiger partial charge in [0.25, 0.3) is 0 Å². The molecule has 3 fully saturated rings. The highest BCUT2D eigenvalue weighted by atomic mass is 16.5. The van der Waals surface area contributed by atoms with E-state index in [-0.39, 0.29) is 28.9 Å². The first-order valence-corrected chi connectivity index (χ1v) is 11.8. The first-order valence-electron chi connectivity index (χ1n) is 11.8. The van der Waals surface area contributed by atoms with Crippen LogP contribution in [-0.4, -0.2) is 48.6 Å². The van der Waals surface area contributed by atoms with E-state index in [9.17, 15) is 9.59 Å². The summed E-state index contributed by atoms with van der Waals surface area (Å²) >= 11 is 0. The van der Waals surface area contributed by atoms with E-state index in [1.165, 1.54) is 24.0 Å². The van der Waals surface area contributed by atoms with Crippen molar-refractivity contribution < 1.29 is 14.3 Å². The number of hydrogen-bond acceptors (Lipinski definition) is 3. The molecule has 168 valence electrons. The van der Waals surface area contributed by atoms with Crippen LogP contribution in [0.3, 0.4) is 0 Å². The molecule has 1 saturated heterocycles. The number of urea groups is 1. The number of ether oxygens (including phenoxy) is 1. The fourth-order valence-corrected chi connectivity index (χ4v) is 7.34. The van der Waals surface area contributed by atoms with Gasteiger partial charge in [0, 0.05) is 31.6 Å². The molecule has 1 aliphatic heterocycles. The summed E-state index contributed by atoms with van der Waals surface area (Å²) in [4.78, 5) is 26.5. The van der Waals surface area contributed by atoms with E-state index in [4.69, 9.17) is 4.74 Å². The van der Waals surface area contributed by atoms with Gasteiger partial charge in [0.2, 0.25) is 5.91 Å². The fourth-order valence-electron chi connectivity index (χ4n) is 7.34. The van der Waals surface area contributed by atoms with Gasteiger partial charge < -0.3 is 20.3 Å². The second-order valence-corrected chi connectivity index (χ2v) is 10.9. The summed E-state index contributed by atoms with van der Waals surface area (Å²) in [7, 11) is 1.73. The lowest BCUT2D eigenvalue weighted by Crippen LogP contribution is -2.60. The summed E-state index contributed by atoms with van der Waals surface area (Å²) in [5, 5.41) is 6.69. The Hall–Kier alpha value is -2.24. The predicted molar refractivity (Wildman–Crippen MR) is 119 cm³/mol. The Morgan fingerprint density at radius 3 is 2.39 bits per heavy atom. The maximum Gasteiger partial charge on any atom is 0.315 e. The van der Waals surface area contributed by atoms with E-state index in [1.807, 2.05) is 4.90 Å². The van der Waals surface area contributed by atoms with Crippen LogP contribution in [0.2, 0.25) is 0 Å². The summed E-state index contributed by atoms with van der Waals surface area (Å²) in [6, 6.07) is 6.70. The summed E-state index contributed by atoms with van der Waals surface area (Å²) < 4.78 is 5.53. The molecule has 6 heteroatoms. The van der Waals surface area contributed by atoms with Gasteiger partial charge in [-0.2, -0.15) is 0 Å². The zero-order chi connectivity index (χ0) is 21.8. The van der Waals surface area contributed by atoms with Crippen molar-refractivity contribution in [3.63, 3.8) is 0 Å². The molecule has 3 amide bonds. The molecule has 1 aromatic rings. The Kier molecular flexibility index (Phi) is 4.94. The molecular weight excluding hydrogens is 390 g/mol. The molecule has 2 N–H and O–H groups in total. The van der Waals surface area contributed by atoms with Crippen LogP contribution in [0.25, 0.3) is 0 Å². The van der Waals surface area contributed by atoms with E-state index < -0.39 is 0 Å². The summed E-state index contributed by atoms with van der Waals surface area (Å²) in [6.07, 6.45) is 7.15. The lowest BCUT2D eigenvalue weighted by molar-refractivity contribution is -0.129. The van der Waals surface area contributed by atoms with Crippen LogP contribution in [0, 0.1) is 5.41 Å². The van der Waals surface area contributed by atoms with Crippen molar-refractivity contribution in [1.29, 1.82) is 0 Å². The minimum Gasteiger partial charge on any atom is -0.497 e. The summed E-state index contributed by atoms with van der Waals surface area (Å²) in [5.41, 5.74) is 3.03. The number of benzene rings is 1. The molecule has 4 bridgehead atoms. The van der Waals surface area contributed by atoms with Crippen LogP contribution >= 0.6 is 0 Å². The van der Waals surface area contributed by atoms with Gasteiger partial charge in [-0.05, 0) is 85.5 Å². The minimum atomic E-state index is -0.142. The molecule has 0 radical (unpaired) electrons. The minimum absolute atomic E-state index is 0.0338. The van der Waals surface area contributed by atoms with Crippen molar-refractivity contribution in [2.75, 3.05) is 20.2 Å². The molecule has 4 aliphatic carbocycles. The molecule has 1 heterocycles. The van der Waals surface area contributed by atoms with Crippen LogP contribution in [0.4, 0.5) is 4.79 Å². The van der Waals surface area contributed by atoms with E-state index in [1.54, 1.807) is 14.0 Å². The van der Waals surface area contributed by atoms with Crippen LogP contribution in [-0.2, 0) is 4.79 Å². The van der Waals surface area contributed by atoms with Gasteiger partial charge in [-0.3, -0.25) is 4.79 Å². The highest BCUT2D eigenvalue weighted by Crippen LogP contribution is 2.63. The van der Waals surface area contributed by atoms with Gasteiger partial charge in [0.05, 0.1) is 7.11 Å². The molecule has 2 saturated carbocycles. The predicted octanol–water partition coefficient (Wildman–Crippen LogP) is 3.91. The van der Waals surface area contributed by atoms with Crippen molar-refractivity contribution in [3.05, 3.63) is 29.3 Å². The Morgan fingerprint density at radius 2 is 1.74 bits per heavy atom. The van der Waals surface area contributed by atoms with Crippen molar-refractivity contribution in [3.8, 4) is 5.75 Å². The van der Waals surface area contributed by atoms with Gasteiger partial charge in [-0.15, -0.1) is 0 Å². The Balaban J connectivity index is 1.32. The number of piperidine rings is 1. The number of carbonyl (C=O) groups excluding carboxylic acids is 2. The number of nitrogens with zero attached hydrogens (tertiary/aromatic N) is 1. The third-order valence-corrected chi connectivity index (χ3v) is 8.35. The topological polar surface area (TPSA) is 70.7 Å². The smallest absolute Gasteiger partial charge is 0.315 e. The van der Waals surface area contributed by atoms with E-state index in [2.05, 4.69) is 35.8 Å². The van der Waals surface area contributed by atoms with Gasteiger partial charge in [0.15, 0.2) is 0 Å². The van der Waals surface area contributed by atoms with E-state index >= 15 is 0 Å². The first-order chi connectivity index (χ1) is 14.8. The molecular formula is C25H35N3O3. The third-order valence-electron chi connectivity index (χ3n) is 8.35. The standard InChI is InChI=1S/C25H35N3O3/c1-16(29)28-8-6-19(7-9-28)26-23(30)27-25-13-17-11-24(2,15-25)12-18(14-25)22-10-20(31-3)4-5-21(17)22/h4-5,10,17-19H,6-9,11-15H2,1-3H3,(H2,26,27,30). The van der Waals surface area contributed by atoms with Crippen LogP contribution in [0.1, 0.15) is 81.8 Å². The quantitative estimate of drug-likeness (QED) is 0.771. The van der Waals surface area contributed by atoms with E-state index in [0.717, 1.165) is 50.9 Å². The molecule has 31 heavy (non-hydrogen) atoms. The maximum atomic E-state index is 13.1. The number of hydrogen-bond donors (Lipinski definition) is 2. The number of methoxy groups -OCH3 is 1. The lowest BCUT2D eigenvalue weighted by Gasteiger charge is -2.54. The summed E-state index contributed by atoms with van der Waals surface area (Å²) in [5.74, 6) is 2.01. The Morgan fingerprint density at radius 1 is 1.06 bits per heavy atom. The molecule has 5 aliphatic rings. The van der Waals surface area contributed by atoms with Crippen molar-refractivity contribution in [2.45, 2.75) is 82.2 Å². The first kappa shape index (κ1) is 20.7. The normalized spacial score (nSPS) is 34.1. The molecule has 0 aromatic heterocycles. The van der Waals surface area contributed by atoms with Crippen LogP contribution in [0.5, 0.6) is 5.75 Å². The zero-order valence-corrected chi connectivity index (χ0v) is 19.0. The van der Waals surface area contributed by atoms with Gasteiger partial charge >= 0.3 is 6.03 Å². The molecule has 4 unspecified atom stereocenters. The third kappa shape index (κ3) is 3.79. The average molecular weight is 426 g/mol. The number of rotatable bonds is 3. The second-order valence-electron chi connectivity index (χ2n) is 10.9. The van der Waals surface area contributed by atoms with Crippen molar-refractivity contribution >= 4 is 11.9 Å². The molecule has 1 aromatic carbocycles. The molecule has 6 nitrogen and oxygen atoms in total. The van der Waals surface area contributed by atoms with Gasteiger partial charge in [-0.1, -0.05) is 13.0 Å². The van der Waals surface area contributed by atoms with Crippen LogP contribution in [0.15, 0.2) is 18.2 Å². The largest absolute Gasteiger partial charge is 0.497 e. The number of likely N-dealkylation sites (tertiary alicyclic amines) is 1. The number of nitrogens with one attached hydrogen (secondary N) is 2. The summed E-state index contributed by atoms with van der Waals surface area (Å²) in [6.45, 7) is 5.49. The van der Waals surface area contributed by atoms with Crippen molar-refractivity contribution in [2.24, 2.45) is 5.41 Å². The van der Waals surface area contributed by atoms with Gasteiger partial charge in [0.1, 0.15) is 5.75 Å². The number of amides is 3. The van der Waals surface area contributed by atoms with Gasteiger partial charge in [-0.25, -0.2) is 4.79 Å². The zero-order valence-electron chi connectivity index (χ0n) is 19.0. The lowest BCUT2D eigenvalue weighted by atomic mass is 9.55. The fraction of sp³-hybridized carbons (Fsp3) is 0.680.